The van der Waals surface area contributed by atoms with Gasteiger partial charge in [-0.15, -0.1) is 0 Å². The van der Waals surface area contributed by atoms with Crippen LogP contribution in [0.5, 0.6) is 5.75 Å². The number of fused-ring (bicyclic) bond motifs is 5. The second-order valence-corrected chi connectivity index (χ2v) is 8.55. The summed E-state index contributed by atoms with van der Waals surface area (Å²) in [7, 11) is 0. The zero-order valence-electron chi connectivity index (χ0n) is 16.5. The topological polar surface area (TPSA) is 51.1 Å². The maximum absolute atomic E-state index is 6.13. The monoisotopic (exact) mass is 386 g/mol. The summed E-state index contributed by atoms with van der Waals surface area (Å²) in [5.41, 5.74) is 6.07. The molecule has 5 heteroatoms. The minimum absolute atomic E-state index is 0.581. The number of rotatable bonds is 3. The van der Waals surface area contributed by atoms with Gasteiger partial charge in [-0.1, -0.05) is 6.07 Å². The summed E-state index contributed by atoms with van der Waals surface area (Å²) in [4.78, 5) is 0. The van der Waals surface area contributed by atoms with Gasteiger partial charge in [0.05, 0.1) is 12.3 Å². The predicted molar refractivity (Wildman–Crippen MR) is 115 cm³/mol. The molecule has 5 nitrogen and oxygen atoms in total. The van der Waals surface area contributed by atoms with Crippen LogP contribution in [0.25, 0.3) is 16.8 Å². The van der Waals surface area contributed by atoms with Crippen molar-refractivity contribution in [3.05, 3.63) is 60.4 Å². The zero-order chi connectivity index (χ0) is 19.2. The third kappa shape index (κ3) is 3.19. The van der Waals surface area contributed by atoms with Crippen LogP contribution in [0.3, 0.4) is 0 Å². The van der Waals surface area contributed by atoms with E-state index in [-0.39, 0.29) is 0 Å². The molecule has 0 spiro atoms. The Morgan fingerprint density at radius 2 is 1.90 bits per heavy atom. The van der Waals surface area contributed by atoms with Gasteiger partial charge in [0, 0.05) is 54.3 Å². The van der Waals surface area contributed by atoms with Crippen molar-refractivity contribution in [2.45, 2.75) is 50.2 Å². The first kappa shape index (κ1) is 17.1. The summed E-state index contributed by atoms with van der Waals surface area (Å²) in [5, 5.41) is 11.9. The van der Waals surface area contributed by atoms with Crippen LogP contribution in [0.15, 0.2) is 54.9 Å². The number of benzene rings is 2. The van der Waals surface area contributed by atoms with E-state index in [4.69, 9.17) is 4.74 Å². The minimum Gasteiger partial charge on any atom is -0.493 e. The molecule has 0 aliphatic carbocycles. The SMILES string of the molecule is c1cnn(-c2ccc3c(c2)OCCc2cc(NC4CC5CCC(C4)N5)ccc2-3)c1. The number of hydrogen-bond acceptors (Lipinski definition) is 4. The van der Waals surface area contributed by atoms with Gasteiger partial charge in [0.2, 0.25) is 0 Å². The van der Waals surface area contributed by atoms with Gasteiger partial charge in [0.15, 0.2) is 0 Å². The molecule has 1 aromatic heterocycles. The molecule has 148 valence electrons. The summed E-state index contributed by atoms with van der Waals surface area (Å²) in [6, 6.07) is 17.1. The van der Waals surface area contributed by atoms with E-state index in [2.05, 4.69) is 52.1 Å². The second kappa shape index (κ2) is 6.92. The summed E-state index contributed by atoms with van der Waals surface area (Å²) >= 11 is 0. The van der Waals surface area contributed by atoms with Crippen molar-refractivity contribution in [3.63, 3.8) is 0 Å². The van der Waals surface area contributed by atoms with Crippen LogP contribution in [0, 0.1) is 0 Å². The summed E-state index contributed by atoms with van der Waals surface area (Å²) < 4.78 is 8.00. The third-order valence-corrected chi connectivity index (χ3v) is 6.60. The lowest BCUT2D eigenvalue weighted by Crippen LogP contribution is -2.43. The molecule has 6 rings (SSSR count). The van der Waals surface area contributed by atoms with Crippen LogP contribution in [0.2, 0.25) is 0 Å². The Balaban J connectivity index is 1.28. The molecule has 0 saturated carbocycles. The molecule has 4 heterocycles. The highest BCUT2D eigenvalue weighted by molar-refractivity contribution is 5.77. The van der Waals surface area contributed by atoms with Gasteiger partial charge in [0.25, 0.3) is 0 Å². The number of ether oxygens (including phenoxy) is 1. The molecule has 2 atom stereocenters. The molecule has 0 amide bonds. The highest BCUT2D eigenvalue weighted by Gasteiger charge is 2.33. The Labute approximate surface area is 171 Å². The van der Waals surface area contributed by atoms with Crippen molar-refractivity contribution >= 4 is 5.69 Å². The van der Waals surface area contributed by atoms with Crippen LogP contribution < -0.4 is 15.4 Å². The normalized spacial score (nSPS) is 24.9. The van der Waals surface area contributed by atoms with E-state index in [1.165, 1.54) is 48.1 Å². The number of nitrogens with zero attached hydrogens (tertiary/aromatic N) is 2. The van der Waals surface area contributed by atoms with Crippen LogP contribution in [0.1, 0.15) is 31.2 Å². The number of hydrogen-bond donors (Lipinski definition) is 2. The first-order valence-electron chi connectivity index (χ1n) is 10.7. The van der Waals surface area contributed by atoms with E-state index in [0.29, 0.717) is 24.7 Å². The van der Waals surface area contributed by atoms with E-state index in [1.54, 1.807) is 6.20 Å². The molecule has 3 aliphatic rings. The molecule has 3 aromatic rings. The van der Waals surface area contributed by atoms with Crippen LogP contribution in [-0.2, 0) is 6.42 Å². The number of piperidine rings is 1. The van der Waals surface area contributed by atoms with E-state index in [1.807, 2.05) is 16.9 Å². The van der Waals surface area contributed by atoms with Crippen molar-refractivity contribution in [2.24, 2.45) is 0 Å². The van der Waals surface area contributed by atoms with Gasteiger partial charge < -0.3 is 15.4 Å². The highest BCUT2D eigenvalue weighted by Crippen LogP contribution is 2.38. The van der Waals surface area contributed by atoms with Crippen LogP contribution in [0.4, 0.5) is 5.69 Å². The van der Waals surface area contributed by atoms with Crippen LogP contribution in [-0.4, -0.2) is 34.5 Å². The van der Waals surface area contributed by atoms with Crippen molar-refractivity contribution in [1.29, 1.82) is 0 Å². The van der Waals surface area contributed by atoms with Gasteiger partial charge in [-0.05, 0) is 67.1 Å². The lowest BCUT2D eigenvalue weighted by atomic mass is 9.96. The summed E-state index contributed by atoms with van der Waals surface area (Å²) in [5.74, 6) is 0.937. The van der Waals surface area contributed by atoms with Gasteiger partial charge in [0.1, 0.15) is 5.75 Å². The average molecular weight is 386 g/mol. The second-order valence-electron chi connectivity index (χ2n) is 8.55. The molecule has 0 radical (unpaired) electrons. The molecule has 2 fully saturated rings. The Morgan fingerprint density at radius 1 is 1.03 bits per heavy atom. The standard InChI is InChI=1S/C24H26N4O/c1-9-25-28(10-1)21-5-7-23-22-6-4-17(12-16(22)8-11-29-24(23)15-21)27-20-13-18-2-3-19(14-20)26-18/h1,4-7,9-10,12,15,18-20,26-27H,2-3,8,11,13-14H2. The summed E-state index contributed by atoms with van der Waals surface area (Å²) in [6.45, 7) is 0.698. The van der Waals surface area contributed by atoms with Gasteiger partial charge in [-0.25, -0.2) is 4.68 Å². The Hall–Kier alpha value is -2.79. The zero-order valence-corrected chi connectivity index (χ0v) is 16.5. The Kier molecular flexibility index (Phi) is 4.08. The predicted octanol–water partition coefficient (Wildman–Crippen LogP) is 4.17. The van der Waals surface area contributed by atoms with E-state index >= 15 is 0 Å². The first-order chi connectivity index (χ1) is 14.3. The average Bonchev–Trinajstić information content (AvgIpc) is 3.34. The van der Waals surface area contributed by atoms with Crippen molar-refractivity contribution in [3.8, 4) is 22.6 Å². The molecule has 2 aromatic carbocycles. The fourth-order valence-corrected chi connectivity index (χ4v) is 5.25. The maximum atomic E-state index is 6.13. The van der Waals surface area contributed by atoms with E-state index < -0.39 is 0 Å². The first-order valence-corrected chi connectivity index (χ1v) is 10.7. The fourth-order valence-electron chi connectivity index (χ4n) is 5.25. The molecule has 3 aliphatic heterocycles. The smallest absolute Gasteiger partial charge is 0.129 e. The van der Waals surface area contributed by atoms with E-state index in [9.17, 15) is 0 Å². The van der Waals surface area contributed by atoms with E-state index in [0.717, 1.165) is 17.9 Å². The largest absolute Gasteiger partial charge is 0.493 e. The number of aromatic nitrogens is 2. The fraction of sp³-hybridized carbons (Fsp3) is 0.375. The van der Waals surface area contributed by atoms with Crippen molar-refractivity contribution in [1.82, 2.24) is 15.1 Å². The third-order valence-electron chi connectivity index (χ3n) is 6.60. The lowest BCUT2D eigenvalue weighted by Gasteiger charge is -2.30. The quantitative estimate of drug-likeness (QED) is 0.709. The molecule has 2 bridgehead atoms. The lowest BCUT2D eigenvalue weighted by molar-refractivity contribution is 0.326. The van der Waals surface area contributed by atoms with Gasteiger partial charge in [-0.3, -0.25) is 0 Å². The maximum Gasteiger partial charge on any atom is 0.129 e. The highest BCUT2D eigenvalue weighted by atomic mass is 16.5. The molecule has 2 unspecified atom stereocenters. The number of nitrogens with one attached hydrogen (secondary N) is 2. The molecule has 29 heavy (non-hydrogen) atoms. The molecule has 2 saturated heterocycles. The van der Waals surface area contributed by atoms with Gasteiger partial charge >= 0.3 is 0 Å². The Morgan fingerprint density at radius 3 is 2.72 bits per heavy atom. The molecular weight excluding hydrogens is 360 g/mol. The summed E-state index contributed by atoms with van der Waals surface area (Å²) in [6.07, 6.45) is 9.81. The molecular formula is C24H26N4O. The van der Waals surface area contributed by atoms with Crippen LogP contribution >= 0.6 is 0 Å². The van der Waals surface area contributed by atoms with Gasteiger partial charge in [-0.2, -0.15) is 5.10 Å². The minimum atomic E-state index is 0.581. The Bertz CT molecular complexity index is 1020. The van der Waals surface area contributed by atoms with Crippen molar-refractivity contribution < 1.29 is 4.74 Å². The molecule has 2 N–H and O–H groups in total. The number of anilines is 1. The van der Waals surface area contributed by atoms with Crippen molar-refractivity contribution in [2.75, 3.05) is 11.9 Å².